The van der Waals surface area contributed by atoms with Crippen LogP contribution in [0.1, 0.15) is 26.2 Å². The third-order valence-corrected chi connectivity index (χ3v) is 6.26. The van der Waals surface area contributed by atoms with Gasteiger partial charge in [0.25, 0.3) is 0 Å². The van der Waals surface area contributed by atoms with Gasteiger partial charge < -0.3 is 10.2 Å². The van der Waals surface area contributed by atoms with Crippen LogP contribution in [0.3, 0.4) is 0 Å². The Bertz CT molecular complexity index is 957. The van der Waals surface area contributed by atoms with E-state index in [1.165, 1.54) is 44.4 Å². The van der Waals surface area contributed by atoms with Gasteiger partial charge in [-0.05, 0) is 62.6 Å². The van der Waals surface area contributed by atoms with E-state index in [4.69, 9.17) is 0 Å². The standard InChI is InChI=1S/C21H26FN3O3S/c1-16(25(29(2,27)28)20-9-5-4-8-19(20)22)21(26)23-17-10-12-18(13-11-17)24-14-6-3-7-15-24/h4-5,8-13,16H,3,6-7,14-15H2,1-2H3,(H,23,26)/t16-/m1/s1. The lowest BCUT2D eigenvalue weighted by Crippen LogP contribution is -2.45. The molecule has 1 atom stereocenters. The van der Waals surface area contributed by atoms with E-state index in [-0.39, 0.29) is 5.69 Å². The van der Waals surface area contributed by atoms with Gasteiger partial charge in [-0.2, -0.15) is 0 Å². The topological polar surface area (TPSA) is 69.7 Å². The SMILES string of the molecule is C[C@H](C(=O)Nc1ccc(N2CCCCC2)cc1)N(c1ccccc1F)S(C)(=O)=O. The zero-order valence-electron chi connectivity index (χ0n) is 16.6. The zero-order chi connectivity index (χ0) is 21.0. The molecule has 1 saturated heterocycles. The van der Waals surface area contributed by atoms with E-state index in [9.17, 15) is 17.6 Å². The lowest BCUT2D eigenvalue weighted by atomic mass is 10.1. The van der Waals surface area contributed by atoms with Crippen molar-refractivity contribution in [3.8, 4) is 0 Å². The summed E-state index contributed by atoms with van der Waals surface area (Å²) in [6.07, 6.45) is 4.55. The second-order valence-electron chi connectivity index (χ2n) is 7.27. The van der Waals surface area contributed by atoms with E-state index in [2.05, 4.69) is 10.2 Å². The molecule has 1 aliphatic rings. The molecule has 8 heteroatoms. The number of sulfonamides is 1. The predicted octanol–water partition coefficient (Wildman–Crippen LogP) is 3.61. The minimum absolute atomic E-state index is 0.155. The Morgan fingerprint density at radius 2 is 1.69 bits per heavy atom. The lowest BCUT2D eigenvalue weighted by Gasteiger charge is -2.29. The number of halogens is 1. The lowest BCUT2D eigenvalue weighted by molar-refractivity contribution is -0.116. The predicted molar refractivity (Wildman–Crippen MR) is 114 cm³/mol. The molecule has 0 unspecified atom stereocenters. The maximum Gasteiger partial charge on any atom is 0.247 e. The first-order valence-corrected chi connectivity index (χ1v) is 11.5. The molecule has 0 spiro atoms. The summed E-state index contributed by atoms with van der Waals surface area (Å²) >= 11 is 0. The molecule has 0 radical (unpaired) electrons. The van der Waals surface area contributed by atoms with Crippen molar-refractivity contribution in [3.63, 3.8) is 0 Å². The summed E-state index contributed by atoms with van der Waals surface area (Å²) in [4.78, 5) is 15.0. The first-order chi connectivity index (χ1) is 13.8. The number of nitrogens with one attached hydrogen (secondary N) is 1. The number of piperidine rings is 1. The quantitative estimate of drug-likeness (QED) is 0.777. The molecule has 0 bridgehead atoms. The van der Waals surface area contributed by atoms with Crippen LogP contribution in [0.15, 0.2) is 48.5 Å². The number of para-hydroxylation sites is 1. The summed E-state index contributed by atoms with van der Waals surface area (Å²) < 4.78 is 39.6. The number of amides is 1. The van der Waals surface area contributed by atoms with Crippen molar-refractivity contribution >= 4 is 33.0 Å². The monoisotopic (exact) mass is 419 g/mol. The number of rotatable bonds is 6. The number of anilines is 3. The van der Waals surface area contributed by atoms with Crippen LogP contribution in [-0.4, -0.2) is 39.7 Å². The molecule has 156 valence electrons. The smallest absolute Gasteiger partial charge is 0.247 e. The van der Waals surface area contributed by atoms with Gasteiger partial charge in [0, 0.05) is 24.5 Å². The maximum absolute atomic E-state index is 14.2. The zero-order valence-corrected chi connectivity index (χ0v) is 17.5. The summed E-state index contributed by atoms with van der Waals surface area (Å²) in [5.41, 5.74) is 1.50. The number of benzene rings is 2. The van der Waals surface area contributed by atoms with Crippen LogP contribution >= 0.6 is 0 Å². The van der Waals surface area contributed by atoms with Crippen molar-refractivity contribution in [1.29, 1.82) is 0 Å². The van der Waals surface area contributed by atoms with Gasteiger partial charge >= 0.3 is 0 Å². The fourth-order valence-corrected chi connectivity index (χ4v) is 4.74. The Kier molecular flexibility index (Phi) is 6.42. The second kappa shape index (κ2) is 8.82. The third-order valence-electron chi connectivity index (χ3n) is 5.03. The summed E-state index contributed by atoms with van der Waals surface area (Å²) in [7, 11) is -3.87. The van der Waals surface area contributed by atoms with E-state index in [0.717, 1.165) is 35.4 Å². The molecular weight excluding hydrogens is 393 g/mol. The molecule has 1 fully saturated rings. The van der Waals surface area contributed by atoms with Crippen molar-refractivity contribution in [2.75, 3.05) is 33.9 Å². The normalized spacial score (nSPS) is 15.6. The van der Waals surface area contributed by atoms with Crippen molar-refractivity contribution in [2.45, 2.75) is 32.2 Å². The Labute approximate surface area is 171 Å². The van der Waals surface area contributed by atoms with Gasteiger partial charge in [0.2, 0.25) is 15.9 Å². The van der Waals surface area contributed by atoms with Crippen LogP contribution in [-0.2, 0) is 14.8 Å². The Morgan fingerprint density at radius 3 is 2.28 bits per heavy atom. The average molecular weight is 420 g/mol. The number of carbonyl (C=O) groups is 1. The molecule has 0 aliphatic carbocycles. The van der Waals surface area contributed by atoms with Crippen LogP contribution < -0.4 is 14.5 Å². The second-order valence-corrected chi connectivity index (χ2v) is 9.13. The van der Waals surface area contributed by atoms with Gasteiger partial charge in [-0.3, -0.25) is 9.10 Å². The van der Waals surface area contributed by atoms with Gasteiger partial charge in [0.1, 0.15) is 11.9 Å². The van der Waals surface area contributed by atoms with E-state index in [0.29, 0.717) is 5.69 Å². The van der Waals surface area contributed by atoms with Gasteiger partial charge in [-0.25, -0.2) is 12.8 Å². The maximum atomic E-state index is 14.2. The van der Waals surface area contributed by atoms with Crippen molar-refractivity contribution in [1.82, 2.24) is 0 Å². The van der Waals surface area contributed by atoms with Gasteiger partial charge in [0.05, 0.1) is 11.9 Å². The fourth-order valence-electron chi connectivity index (χ4n) is 3.57. The van der Waals surface area contributed by atoms with E-state index >= 15 is 0 Å². The molecule has 1 amide bonds. The molecule has 6 nitrogen and oxygen atoms in total. The first kappa shape index (κ1) is 21.1. The van der Waals surface area contributed by atoms with Crippen LogP contribution in [0.25, 0.3) is 0 Å². The van der Waals surface area contributed by atoms with E-state index in [1.54, 1.807) is 12.1 Å². The average Bonchev–Trinajstić information content (AvgIpc) is 2.70. The Balaban J connectivity index is 1.75. The molecule has 1 aliphatic heterocycles. The van der Waals surface area contributed by atoms with Crippen molar-refractivity contribution < 1.29 is 17.6 Å². The first-order valence-electron chi connectivity index (χ1n) is 9.67. The Morgan fingerprint density at radius 1 is 1.07 bits per heavy atom. The van der Waals surface area contributed by atoms with E-state index in [1.807, 2.05) is 12.1 Å². The molecule has 0 aromatic heterocycles. The molecule has 0 saturated carbocycles. The summed E-state index contributed by atoms with van der Waals surface area (Å²) in [5, 5.41) is 2.73. The Hall–Kier alpha value is -2.61. The number of hydrogen-bond donors (Lipinski definition) is 1. The van der Waals surface area contributed by atoms with Gasteiger partial charge in [-0.1, -0.05) is 12.1 Å². The van der Waals surface area contributed by atoms with Crippen LogP contribution in [0.5, 0.6) is 0 Å². The molecule has 1 N–H and O–H groups in total. The van der Waals surface area contributed by atoms with Gasteiger partial charge in [0.15, 0.2) is 0 Å². The molecule has 1 heterocycles. The molecule has 2 aromatic rings. The fraction of sp³-hybridized carbons (Fsp3) is 0.381. The van der Waals surface area contributed by atoms with Crippen LogP contribution in [0, 0.1) is 5.82 Å². The number of nitrogens with zero attached hydrogens (tertiary/aromatic N) is 2. The number of carbonyl (C=O) groups excluding carboxylic acids is 1. The molecule has 2 aromatic carbocycles. The number of hydrogen-bond acceptors (Lipinski definition) is 4. The van der Waals surface area contributed by atoms with Crippen LogP contribution in [0.2, 0.25) is 0 Å². The highest BCUT2D eigenvalue weighted by atomic mass is 32.2. The largest absolute Gasteiger partial charge is 0.372 e. The van der Waals surface area contributed by atoms with E-state index < -0.39 is 27.8 Å². The van der Waals surface area contributed by atoms with Crippen molar-refractivity contribution in [2.24, 2.45) is 0 Å². The summed E-state index contributed by atoms with van der Waals surface area (Å²) in [6.45, 7) is 3.48. The van der Waals surface area contributed by atoms with Crippen LogP contribution in [0.4, 0.5) is 21.5 Å². The molecule has 29 heavy (non-hydrogen) atoms. The highest BCUT2D eigenvalue weighted by Gasteiger charge is 2.31. The van der Waals surface area contributed by atoms with Crippen molar-refractivity contribution in [3.05, 3.63) is 54.3 Å². The summed E-state index contributed by atoms with van der Waals surface area (Å²) in [5.74, 6) is -1.24. The highest BCUT2D eigenvalue weighted by molar-refractivity contribution is 7.92. The summed E-state index contributed by atoms with van der Waals surface area (Å²) in [6, 6.07) is 11.8. The third kappa shape index (κ3) is 5.06. The minimum Gasteiger partial charge on any atom is -0.372 e. The minimum atomic E-state index is -3.87. The molecular formula is C21H26FN3O3S. The molecule has 3 rings (SSSR count). The van der Waals surface area contributed by atoms with Gasteiger partial charge in [-0.15, -0.1) is 0 Å². The highest BCUT2D eigenvalue weighted by Crippen LogP contribution is 2.25.